The summed E-state index contributed by atoms with van der Waals surface area (Å²) in [6.07, 6.45) is 7.00. The molecule has 0 spiro atoms. The fraction of sp³-hybridized carbons (Fsp3) is 0.286. The number of hydrogen-bond acceptors (Lipinski definition) is 2. The SMILES string of the molecule is C#CCNC(=O)c1ccc(NC(=O)C2CC2)cc1. The van der Waals surface area contributed by atoms with Crippen LogP contribution in [0, 0.1) is 18.3 Å². The molecule has 1 aliphatic carbocycles. The van der Waals surface area contributed by atoms with Gasteiger partial charge in [-0.2, -0.15) is 0 Å². The van der Waals surface area contributed by atoms with Crippen LogP contribution in [0.15, 0.2) is 24.3 Å². The van der Waals surface area contributed by atoms with Crippen molar-refractivity contribution in [3.63, 3.8) is 0 Å². The van der Waals surface area contributed by atoms with Gasteiger partial charge in [-0.15, -0.1) is 6.42 Å². The Morgan fingerprint density at radius 3 is 2.50 bits per heavy atom. The molecule has 4 nitrogen and oxygen atoms in total. The molecule has 2 N–H and O–H groups in total. The van der Waals surface area contributed by atoms with Crippen molar-refractivity contribution < 1.29 is 9.59 Å². The van der Waals surface area contributed by atoms with Crippen LogP contribution in [0.4, 0.5) is 5.69 Å². The number of hydrogen-bond donors (Lipinski definition) is 2. The lowest BCUT2D eigenvalue weighted by atomic mass is 10.2. The van der Waals surface area contributed by atoms with Crippen molar-refractivity contribution in [3.05, 3.63) is 29.8 Å². The smallest absolute Gasteiger partial charge is 0.252 e. The number of carbonyl (C=O) groups is 2. The minimum absolute atomic E-state index is 0.0551. The molecule has 0 radical (unpaired) electrons. The van der Waals surface area contributed by atoms with E-state index in [-0.39, 0.29) is 24.3 Å². The summed E-state index contributed by atoms with van der Waals surface area (Å²) in [7, 11) is 0. The zero-order chi connectivity index (χ0) is 13.0. The second-order valence-corrected chi connectivity index (χ2v) is 4.23. The van der Waals surface area contributed by atoms with E-state index in [4.69, 9.17) is 6.42 Å². The molecule has 2 amide bonds. The van der Waals surface area contributed by atoms with Crippen LogP contribution >= 0.6 is 0 Å². The fourth-order valence-electron chi connectivity index (χ4n) is 1.53. The van der Waals surface area contributed by atoms with Gasteiger partial charge in [0.2, 0.25) is 5.91 Å². The third-order valence-corrected chi connectivity index (χ3v) is 2.71. The molecular weight excluding hydrogens is 228 g/mol. The first kappa shape index (κ1) is 12.2. The van der Waals surface area contributed by atoms with Crippen molar-refractivity contribution in [3.8, 4) is 12.3 Å². The van der Waals surface area contributed by atoms with Gasteiger partial charge in [0.15, 0.2) is 0 Å². The highest BCUT2D eigenvalue weighted by Gasteiger charge is 2.29. The van der Waals surface area contributed by atoms with Crippen LogP contribution in [-0.4, -0.2) is 18.4 Å². The maximum absolute atomic E-state index is 11.6. The average molecular weight is 242 g/mol. The lowest BCUT2D eigenvalue weighted by Gasteiger charge is -2.05. The van der Waals surface area contributed by atoms with E-state index in [1.165, 1.54) is 0 Å². The van der Waals surface area contributed by atoms with Crippen LogP contribution in [0.1, 0.15) is 23.2 Å². The summed E-state index contributed by atoms with van der Waals surface area (Å²) in [6, 6.07) is 6.75. The molecule has 92 valence electrons. The van der Waals surface area contributed by atoms with Gasteiger partial charge in [-0.25, -0.2) is 0 Å². The van der Waals surface area contributed by atoms with E-state index in [0.29, 0.717) is 11.3 Å². The molecule has 0 bridgehead atoms. The molecule has 1 aliphatic rings. The first-order valence-electron chi connectivity index (χ1n) is 5.83. The van der Waals surface area contributed by atoms with Gasteiger partial charge in [0.25, 0.3) is 5.91 Å². The van der Waals surface area contributed by atoms with E-state index in [1.807, 2.05) is 0 Å². The van der Waals surface area contributed by atoms with Gasteiger partial charge in [-0.1, -0.05) is 5.92 Å². The third-order valence-electron chi connectivity index (χ3n) is 2.71. The average Bonchev–Trinajstić information content (AvgIpc) is 3.21. The Balaban J connectivity index is 1.94. The Morgan fingerprint density at radius 2 is 1.94 bits per heavy atom. The standard InChI is InChI=1S/C14H14N2O2/c1-2-9-15-13(17)10-5-7-12(8-6-10)16-14(18)11-3-4-11/h1,5-8,11H,3-4,9H2,(H,15,17)(H,16,18). The quantitative estimate of drug-likeness (QED) is 0.784. The monoisotopic (exact) mass is 242 g/mol. The first-order valence-corrected chi connectivity index (χ1v) is 5.83. The molecule has 1 fully saturated rings. The first-order chi connectivity index (χ1) is 8.70. The zero-order valence-corrected chi connectivity index (χ0v) is 9.90. The summed E-state index contributed by atoms with van der Waals surface area (Å²) in [6.45, 7) is 0.207. The van der Waals surface area contributed by atoms with Crippen molar-refractivity contribution >= 4 is 17.5 Å². The Hall–Kier alpha value is -2.28. The number of nitrogens with one attached hydrogen (secondary N) is 2. The molecular formula is C14H14N2O2. The van der Waals surface area contributed by atoms with E-state index in [9.17, 15) is 9.59 Å². The number of anilines is 1. The van der Waals surface area contributed by atoms with Crippen molar-refractivity contribution in [2.45, 2.75) is 12.8 Å². The second kappa shape index (κ2) is 5.37. The van der Waals surface area contributed by atoms with Gasteiger partial charge in [0.05, 0.1) is 6.54 Å². The van der Waals surface area contributed by atoms with Crippen molar-refractivity contribution in [2.75, 3.05) is 11.9 Å². The van der Waals surface area contributed by atoms with Crippen LogP contribution < -0.4 is 10.6 Å². The largest absolute Gasteiger partial charge is 0.341 e. The lowest BCUT2D eigenvalue weighted by Crippen LogP contribution is -2.23. The molecule has 0 heterocycles. The van der Waals surface area contributed by atoms with Gasteiger partial charge in [-0.05, 0) is 37.1 Å². The predicted molar refractivity (Wildman–Crippen MR) is 69.0 cm³/mol. The Bertz CT molecular complexity index is 496. The van der Waals surface area contributed by atoms with Gasteiger partial charge >= 0.3 is 0 Å². The Labute approximate surface area is 106 Å². The molecule has 0 atom stereocenters. The molecule has 4 heteroatoms. The summed E-state index contributed by atoms with van der Waals surface area (Å²) in [5, 5.41) is 5.38. The van der Waals surface area contributed by atoms with E-state index in [0.717, 1.165) is 12.8 Å². The molecule has 1 aromatic rings. The number of benzene rings is 1. The number of terminal acetylenes is 1. The molecule has 2 rings (SSSR count). The predicted octanol–water partition coefficient (Wildman–Crippen LogP) is 1.40. The van der Waals surface area contributed by atoms with E-state index in [1.54, 1.807) is 24.3 Å². The van der Waals surface area contributed by atoms with E-state index >= 15 is 0 Å². The normalized spacial score (nSPS) is 13.5. The Kier molecular flexibility index (Phi) is 3.63. The minimum Gasteiger partial charge on any atom is -0.341 e. The summed E-state index contributed by atoms with van der Waals surface area (Å²) in [4.78, 5) is 23.1. The van der Waals surface area contributed by atoms with Crippen molar-refractivity contribution in [1.82, 2.24) is 5.32 Å². The lowest BCUT2D eigenvalue weighted by molar-refractivity contribution is -0.117. The van der Waals surface area contributed by atoms with E-state index < -0.39 is 0 Å². The molecule has 0 unspecified atom stereocenters. The summed E-state index contributed by atoms with van der Waals surface area (Å²) in [5.41, 5.74) is 1.23. The summed E-state index contributed by atoms with van der Waals surface area (Å²) >= 11 is 0. The van der Waals surface area contributed by atoms with Crippen molar-refractivity contribution in [2.24, 2.45) is 5.92 Å². The van der Waals surface area contributed by atoms with E-state index in [2.05, 4.69) is 16.6 Å². The highest BCUT2D eigenvalue weighted by atomic mass is 16.2. The topological polar surface area (TPSA) is 58.2 Å². The van der Waals surface area contributed by atoms with Crippen LogP contribution in [0.25, 0.3) is 0 Å². The molecule has 1 saturated carbocycles. The zero-order valence-electron chi connectivity index (χ0n) is 9.90. The highest BCUT2D eigenvalue weighted by Crippen LogP contribution is 2.30. The number of amides is 2. The fourth-order valence-corrected chi connectivity index (χ4v) is 1.53. The molecule has 1 aromatic carbocycles. The molecule has 18 heavy (non-hydrogen) atoms. The molecule has 0 aliphatic heterocycles. The van der Waals surface area contributed by atoms with Crippen LogP contribution in [0.5, 0.6) is 0 Å². The van der Waals surface area contributed by atoms with Crippen LogP contribution in [-0.2, 0) is 4.79 Å². The molecule has 0 saturated heterocycles. The van der Waals surface area contributed by atoms with Crippen LogP contribution in [0.2, 0.25) is 0 Å². The van der Waals surface area contributed by atoms with Gasteiger partial charge in [0, 0.05) is 17.2 Å². The molecule has 0 aromatic heterocycles. The van der Waals surface area contributed by atoms with Crippen LogP contribution in [0.3, 0.4) is 0 Å². The Morgan fingerprint density at radius 1 is 1.28 bits per heavy atom. The second-order valence-electron chi connectivity index (χ2n) is 4.23. The maximum atomic E-state index is 11.6. The minimum atomic E-state index is -0.215. The third kappa shape index (κ3) is 3.11. The van der Waals surface area contributed by atoms with Gasteiger partial charge < -0.3 is 10.6 Å². The summed E-state index contributed by atoms with van der Waals surface area (Å²) < 4.78 is 0. The number of rotatable bonds is 4. The number of carbonyl (C=O) groups excluding carboxylic acids is 2. The maximum Gasteiger partial charge on any atom is 0.252 e. The van der Waals surface area contributed by atoms with Gasteiger partial charge in [0.1, 0.15) is 0 Å². The van der Waals surface area contributed by atoms with Crippen molar-refractivity contribution in [1.29, 1.82) is 0 Å². The summed E-state index contributed by atoms with van der Waals surface area (Å²) in [5.74, 6) is 2.35. The van der Waals surface area contributed by atoms with Gasteiger partial charge in [-0.3, -0.25) is 9.59 Å². The highest BCUT2D eigenvalue weighted by molar-refractivity contribution is 5.96.